The van der Waals surface area contributed by atoms with Crippen LogP contribution in [0.5, 0.6) is 0 Å². The lowest BCUT2D eigenvalue weighted by Gasteiger charge is -2.13. The van der Waals surface area contributed by atoms with Crippen molar-refractivity contribution < 1.29 is 13.9 Å². The first kappa shape index (κ1) is 16.6. The highest BCUT2D eigenvalue weighted by Crippen LogP contribution is 2.31. The number of aromatic nitrogens is 4. The summed E-state index contributed by atoms with van der Waals surface area (Å²) in [7, 11) is 0. The summed E-state index contributed by atoms with van der Waals surface area (Å²) in [5.74, 6) is -0.420. The fourth-order valence-corrected chi connectivity index (χ4v) is 3.61. The zero-order valence-corrected chi connectivity index (χ0v) is 14.8. The molecule has 1 aliphatic heterocycles. The lowest BCUT2D eigenvalue weighted by Crippen LogP contribution is -2.24. The van der Waals surface area contributed by atoms with Crippen LogP contribution in [0.25, 0.3) is 10.6 Å². The van der Waals surface area contributed by atoms with E-state index >= 15 is 0 Å². The smallest absolute Gasteiger partial charge is 0.414 e. The van der Waals surface area contributed by atoms with E-state index in [9.17, 15) is 9.18 Å². The first-order valence-corrected chi connectivity index (χ1v) is 9.07. The minimum absolute atomic E-state index is 0.149. The molecule has 1 saturated heterocycles. The Morgan fingerprint density at radius 2 is 2.31 bits per heavy atom. The van der Waals surface area contributed by atoms with Crippen molar-refractivity contribution in [2.45, 2.75) is 26.0 Å². The summed E-state index contributed by atoms with van der Waals surface area (Å²) in [6, 6.07) is 4.72. The third-order valence-electron chi connectivity index (χ3n) is 4.17. The van der Waals surface area contributed by atoms with E-state index in [1.807, 2.05) is 12.3 Å². The summed E-state index contributed by atoms with van der Waals surface area (Å²) in [6.45, 7) is 2.87. The van der Waals surface area contributed by atoms with Gasteiger partial charge in [-0.25, -0.2) is 23.8 Å². The first-order chi connectivity index (χ1) is 12.6. The van der Waals surface area contributed by atoms with Crippen LogP contribution in [0.15, 0.2) is 36.2 Å². The second-order valence-electron chi connectivity index (χ2n) is 5.93. The molecule has 1 unspecified atom stereocenters. The van der Waals surface area contributed by atoms with E-state index in [0.717, 1.165) is 12.1 Å². The summed E-state index contributed by atoms with van der Waals surface area (Å²) in [6.07, 6.45) is 3.21. The normalized spacial score (nSPS) is 16.9. The van der Waals surface area contributed by atoms with Crippen LogP contribution < -0.4 is 4.90 Å². The maximum Gasteiger partial charge on any atom is 0.414 e. The highest BCUT2D eigenvalue weighted by molar-refractivity contribution is 7.13. The molecule has 1 amide bonds. The number of ether oxygens (including phenoxy) is 1. The molecule has 0 spiro atoms. The molecule has 0 N–H and O–H groups in total. The molecular formula is C17H16FN5O2S. The molecule has 1 atom stereocenters. The van der Waals surface area contributed by atoms with Gasteiger partial charge in [0, 0.05) is 10.9 Å². The number of carbonyl (C=O) groups excluding carboxylic acids is 1. The number of anilines is 1. The maximum atomic E-state index is 14.6. The lowest BCUT2D eigenvalue weighted by molar-refractivity contribution is 0.139. The number of hydrogen-bond acceptors (Lipinski definition) is 6. The summed E-state index contributed by atoms with van der Waals surface area (Å²) >= 11 is 1.36. The first-order valence-electron chi connectivity index (χ1n) is 8.19. The SMILES string of the molecule is CCC1CN(c2ccc(-c3nc(Cn4cncn4)cs3)c(F)c2)C(=O)O1. The van der Waals surface area contributed by atoms with Gasteiger partial charge >= 0.3 is 6.09 Å². The minimum Gasteiger partial charge on any atom is -0.444 e. The van der Waals surface area contributed by atoms with Crippen molar-refractivity contribution in [1.82, 2.24) is 19.7 Å². The summed E-state index contributed by atoms with van der Waals surface area (Å²) in [5, 5.41) is 6.49. The molecule has 1 aromatic carbocycles. The van der Waals surface area contributed by atoms with Crippen molar-refractivity contribution >= 4 is 23.1 Å². The van der Waals surface area contributed by atoms with Crippen molar-refractivity contribution in [3.8, 4) is 10.6 Å². The highest BCUT2D eigenvalue weighted by Gasteiger charge is 2.31. The molecule has 7 nitrogen and oxygen atoms in total. The predicted octanol–water partition coefficient (Wildman–Crippen LogP) is 3.32. The molecule has 0 aliphatic carbocycles. The van der Waals surface area contributed by atoms with Gasteiger partial charge in [-0.1, -0.05) is 6.92 Å². The fourth-order valence-electron chi connectivity index (χ4n) is 2.77. The molecule has 134 valence electrons. The summed E-state index contributed by atoms with van der Waals surface area (Å²) in [4.78, 5) is 21.7. The standard InChI is InChI=1S/C17H16FN5O2S/c1-2-13-7-23(17(24)25-13)12-3-4-14(15(18)5-12)16-21-11(8-26-16)6-22-10-19-9-20-22/h3-5,8-10,13H,2,6-7H2,1H3. The zero-order chi connectivity index (χ0) is 18.1. The van der Waals surface area contributed by atoms with Crippen LogP contribution in [0.4, 0.5) is 14.9 Å². The van der Waals surface area contributed by atoms with Crippen molar-refractivity contribution in [3.63, 3.8) is 0 Å². The van der Waals surface area contributed by atoms with E-state index < -0.39 is 11.9 Å². The predicted molar refractivity (Wildman–Crippen MR) is 94.5 cm³/mol. The second kappa shape index (κ2) is 6.83. The molecule has 2 aromatic heterocycles. The van der Waals surface area contributed by atoms with Crippen LogP contribution in [0, 0.1) is 5.82 Å². The van der Waals surface area contributed by atoms with E-state index in [-0.39, 0.29) is 6.10 Å². The molecular weight excluding hydrogens is 357 g/mol. The number of carbonyl (C=O) groups is 1. The number of rotatable bonds is 5. The Labute approximate surface area is 153 Å². The Balaban J connectivity index is 1.55. The fraction of sp³-hybridized carbons (Fsp3) is 0.294. The minimum atomic E-state index is -0.437. The number of halogens is 1. The molecule has 4 rings (SSSR count). The molecule has 0 saturated carbocycles. The molecule has 1 aliphatic rings. The second-order valence-corrected chi connectivity index (χ2v) is 6.78. The van der Waals surface area contributed by atoms with Gasteiger partial charge in [-0.15, -0.1) is 11.3 Å². The van der Waals surface area contributed by atoms with Crippen LogP contribution in [-0.4, -0.2) is 38.5 Å². The quantitative estimate of drug-likeness (QED) is 0.686. The number of nitrogens with zero attached hydrogens (tertiary/aromatic N) is 5. The molecule has 0 bridgehead atoms. The number of hydrogen-bond donors (Lipinski definition) is 0. The van der Waals surface area contributed by atoms with Crippen molar-refractivity contribution in [1.29, 1.82) is 0 Å². The third kappa shape index (κ3) is 3.17. The average Bonchev–Trinajstić information content (AvgIpc) is 3.36. The molecule has 9 heteroatoms. The molecule has 26 heavy (non-hydrogen) atoms. The number of benzene rings is 1. The Bertz CT molecular complexity index is 927. The van der Waals surface area contributed by atoms with Gasteiger partial charge in [-0.2, -0.15) is 5.10 Å². The van der Waals surface area contributed by atoms with Gasteiger partial charge in [0.2, 0.25) is 0 Å². The van der Waals surface area contributed by atoms with E-state index in [2.05, 4.69) is 15.1 Å². The average molecular weight is 373 g/mol. The maximum absolute atomic E-state index is 14.6. The van der Waals surface area contributed by atoms with Gasteiger partial charge in [0.05, 0.1) is 24.5 Å². The van der Waals surface area contributed by atoms with Crippen LogP contribution in [0.1, 0.15) is 19.0 Å². The van der Waals surface area contributed by atoms with Gasteiger partial charge < -0.3 is 4.74 Å². The number of cyclic esters (lactones) is 1. The van der Waals surface area contributed by atoms with Crippen LogP contribution >= 0.6 is 11.3 Å². The van der Waals surface area contributed by atoms with E-state index in [1.165, 1.54) is 28.6 Å². The van der Waals surface area contributed by atoms with E-state index in [1.54, 1.807) is 23.1 Å². The van der Waals surface area contributed by atoms with Crippen molar-refractivity contribution in [2.75, 3.05) is 11.4 Å². The topological polar surface area (TPSA) is 73.1 Å². The van der Waals surface area contributed by atoms with Gasteiger partial charge in [-0.05, 0) is 24.6 Å². The third-order valence-corrected chi connectivity index (χ3v) is 5.09. The number of amides is 1. The van der Waals surface area contributed by atoms with Crippen LogP contribution in [-0.2, 0) is 11.3 Å². The largest absolute Gasteiger partial charge is 0.444 e. The van der Waals surface area contributed by atoms with Gasteiger partial charge in [-0.3, -0.25) is 4.90 Å². The molecule has 3 heterocycles. The molecule has 1 fully saturated rings. The van der Waals surface area contributed by atoms with Crippen molar-refractivity contribution in [2.24, 2.45) is 0 Å². The Kier molecular flexibility index (Phi) is 4.37. The monoisotopic (exact) mass is 373 g/mol. The van der Waals surface area contributed by atoms with E-state index in [0.29, 0.717) is 29.3 Å². The molecule has 3 aromatic rings. The summed E-state index contributed by atoms with van der Waals surface area (Å²) in [5.41, 5.74) is 1.68. The van der Waals surface area contributed by atoms with Crippen LogP contribution in [0.3, 0.4) is 0 Å². The highest BCUT2D eigenvalue weighted by atomic mass is 32.1. The summed E-state index contributed by atoms with van der Waals surface area (Å²) < 4.78 is 21.5. The lowest BCUT2D eigenvalue weighted by atomic mass is 10.2. The Morgan fingerprint density at radius 1 is 1.42 bits per heavy atom. The Hall–Kier alpha value is -2.81. The van der Waals surface area contributed by atoms with Gasteiger partial charge in [0.15, 0.2) is 0 Å². The molecule has 0 radical (unpaired) electrons. The van der Waals surface area contributed by atoms with Crippen molar-refractivity contribution in [3.05, 3.63) is 47.7 Å². The Morgan fingerprint density at radius 3 is 3.00 bits per heavy atom. The number of thiazole rings is 1. The van der Waals surface area contributed by atoms with E-state index in [4.69, 9.17) is 4.74 Å². The van der Waals surface area contributed by atoms with Gasteiger partial charge in [0.1, 0.15) is 29.6 Å². The van der Waals surface area contributed by atoms with Crippen LogP contribution in [0.2, 0.25) is 0 Å². The zero-order valence-electron chi connectivity index (χ0n) is 14.0. The van der Waals surface area contributed by atoms with Gasteiger partial charge in [0.25, 0.3) is 0 Å².